The third-order valence-electron chi connectivity index (χ3n) is 4.96. The third-order valence-corrected chi connectivity index (χ3v) is 4.96. The molecule has 172 valence electrons. The first kappa shape index (κ1) is 23.5. The van der Waals surface area contributed by atoms with Crippen LogP contribution in [0.3, 0.4) is 0 Å². The van der Waals surface area contributed by atoms with Crippen LogP contribution in [0.2, 0.25) is 0 Å². The van der Waals surface area contributed by atoms with Gasteiger partial charge in [-0.2, -0.15) is 0 Å². The molecule has 3 amide bonds. The molecule has 2 heterocycles. The number of anilines is 1. The Bertz CT molecular complexity index is 1190. The second kappa shape index (κ2) is 10.9. The summed E-state index contributed by atoms with van der Waals surface area (Å²) in [5.41, 5.74) is 8.48. The number of amides is 3. The fourth-order valence-corrected chi connectivity index (χ4v) is 3.09. The Kier molecular flexibility index (Phi) is 7.74. The fourth-order valence-electron chi connectivity index (χ4n) is 3.09. The Hall–Kier alpha value is -4.21. The highest BCUT2D eigenvalue weighted by molar-refractivity contribution is 5.76. The van der Waals surface area contributed by atoms with Gasteiger partial charge in [0.2, 0.25) is 11.7 Å². The molecule has 10 heteroatoms. The number of carbonyl (C=O) groups is 2. The second-order valence-electron chi connectivity index (χ2n) is 7.53. The van der Waals surface area contributed by atoms with Gasteiger partial charge in [-0.1, -0.05) is 36.4 Å². The zero-order valence-electron chi connectivity index (χ0n) is 18.8. The van der Waals surface area contributed by atoms with Crippen LogP contribution < -0.4 is 27.0 Å². The summed E-state index contributed by atoms with van der Waals surface area (Å²) in [5, 5.41) is 5.47. The van der Waals surface area contributed by atoms with Crippen molar-refractivity contribution in [2.45, 2.75) is 40.4 Å². The Labute approximate surface area is 191 Å². The zero-order chi connectivity index (χ0) is 23.8. The van der Waals surface area contributed by atoms with Gasteiger partial charge in [-0.3, -0.25) is 30.0 Å². The van der Waals surface area contributed by atoms with Crippen LogP contribution in [-0.4, -0.2) is 26.5 Å². The van der Waals surface area contributed by atoms with Crippen molar-refractivity contribution in [3.05, 3.63) is 87.2 Å². The topological polar surface area (TPSA) is 130 Å². The summed E-state index contributed by atoms with van der Waals surface area (Å²) in [6.45, 7) is 5.93. The average Bonchev–Trinajstić information content (AvgIpc) is 2.80. The van der Waals surface area contributed by atoms with Crippen LogP contribution in [0.1, 0.15) is 28.2 Å². The molecule has 0 atom stereocenters. The molecule has 4 N–H and O–H groups in total. The van der Waals surface area contributed by atoms with Crippen molar-refractivity contribution < 1.29 is 9.59 Å². The van der Waals surface area contributed by atoms with Crippen LogP contribution in [-0.2, 0) is 24.4 Å². The third kappa shape index (κ3) is 6.63. The van der Waals surface area contributed by atoms with Gasteiger partial charge in [-0.25, -0.2) is 9.78 Å². The van der Waals surface area contributed by atoms with E-state index in [4.69, 9.17) is 0 Å². The Morgan fingerprint density at radius 1 is 0.970 bits per heavy atom. The second-order valence-corrected chi connectivity index (χ2v) is 7.53. The number of rotatable bonds is 8. The molecule has 0 saturated heterocycles. The van der Waals surface area contributed by atoms with Crippen molar-refractivity contribution in [1.29, 1.82) is 0 Å². The van der Waals surface area contributed by atoms with Crippen LogP contribution in [0.4, 0.5) is 10.6 Å². The van der Waals surface area contributed by atoms with E-state index >= 15 is 0 Å². The molecular formula is C23H27N7O3. The normalized spacial score (nSPS) is 10.4. The molecule has 0 unspecified atom stereocenters. The lowest BCUT2D eigenvalue weighted by atomic mass is 10.2. The number of nitrogens with one attached hydrogen (secondary N) is 4. The van der Waals surface area contributed by atoms with Gasteiger partial charge in [0, 0.05) is 36.4 Å². The molecule has 3 rings (SSSR count). The minimum atomic E-state index is -0.526. The van der Waals surface area contributed by atoms with E-state index in [1.807, 2.05) is 56.3 Å². The van der Waals surface area contributed by atoms with Crippen LogP contribution in [0, 0.1) is 20.8 Å². The predicted molar refractivity (Wildman–Crippen MR) is 124 cm³/mol. The minimum absolute atomic E-state index is 0.0955. The first-order valence-electron chi connectivity index (χ1n) is 10.4. The fraction of sp³-hybridized carbons (Fsp3) is 0.261. The maximum absolute atomic E-state index is 12.8. The molecule has 0 aliphatic rings. The molecule has 0 radical (unpaired) electrons. The van der Waals surface area contributed by atoms with Gasteiger partial charge >= 0.3 is 6.03 Å². The lowest BCUT2D eigenvalue weighted by Crippen LogP contribution is -2.41. The summed E-state index contributed by atoms with van der Waals surface area (Å²) >= 11 is 0. The van der Waals surface area contributed by atoms with Crippen molar-refractivity contribution in [2.75, 3.05) is 5.43 Å². The van der Waals surface area contributed by atoms with Crippen LogP contribution in [0.25, 0.3) is 0 Å². The summed E-state index contributed by atoms with van der Waals surface area (Å²) in [4.78, 5) is 45.6. The first-order valence-corrected chi connectivity index (χ1v) is 10.4. The SMILES string of the molecule is Cc1ccc(CNC(=O)Cn2c(C)cnc(NNC(=O)NCc3ccccc3)c2=O)c(C)n1. The largest absolute Gasteiger partial charge is 0.350 e. The molecule has 0 spiro atoms. The molecule has 0 aliphatic heterocycles. The minimum Gasteiger partial charge on any atom is -0.350 e. The molecule has 33 heavy (non-hydrogen) atoms. The number of carbonyl (C=O) groups excluding carboxylic acids is 2. The maximum atomic E-state index is 12.8. The summed E-state index contributed by atoms with van der Waals surface area (Å²) < 4.78 is 1.29. The van der Waals surface area contributed by atoms with Gasteiger partial charge < -0.3 is 10.6 Å². The molecular weight excluding hydrogens is 422 g/mol. The number of benzene rings is 1. The van der Waals surface area contributed by atoms with Crippen LogP contribution in [0.5, 0.6) is 0 Å². The van der Waals surface area contributed by atoms with Gasteiger partial charge in [-0.15, -0.1) is 0 Å². The predicted octanol–water partition coefficient (Wildman–Crippen LogP) is 1.71. The quantitative estimate of drug-likeness (QED) is 0.387. The van der Waals surface area contributed by atoms with Crippen LogP contribution >= 0.6 is 0 Å². The average molecular weight is 450 g/mol. The van der Waals surface area contributed by atoms with Gasteiger partial charge in [-0.05, 0) is 38.0 Å². The number of nitrogens with zero attached hydrogens (tertiary/aromatic N) is 3. The van der Waals surface area contributed by atoms with E-state index in [9.17, 15) is 14.4 Å². The lowest BCUT2D eigenvalue weighted by Gasteiger charge is -2.14. The summed E-state index contributed by atoms with van der Waals surface area (Å²) in [5.74, 6) is -0.423. The monoisotopic (exact) mass is 449 g/mol. The van der Waals surface area contributed by atoms with Crippen molar-refractivity contribution >= 4 is 17.8 Å². The first-order chi connectivity index (χ1) is 15.8. The zero-order valence-corrected chi connectivity index (χ0v) is 18.8. The smallest absolute Gasteiger partial charge is 0.333 e. The highest BCUT2D eigenvalue weighted by Crippen LogP contribution is 2.06. The summed E-state index contributed by atoms with van der Waals surface area (Å²) in [6, 6.07) is 12.7. The molecule has 3 aromatic rings. The van der Waals surface area contributed by atoms with Gasteiger partial charge in [0.25, 0.3) is 5.56 Å². The number of aryl methyl sites for hydroxylation is 3. The summed E-state index contributed by atoms with van der Waals surface area (Å²) in [6.07, 6.45) is 1.45. The molecule has 10 nitrogen and oxygen atoms in total. The number of hydrazine groups is 1. The molecule has 0 aliphatic carbocycles. The number of aromatic nitrogens is 3. The van der Waals surface area contributed by atoms with Crippen LogP contribution in [0.15, 0.2) is 53.5 Å². The highest BCUT2D eigenvalue weighted by Gasteiger charge is 2.13. The van der Waals surface area contributed by atoms with Crippen molar-refractivity contribution in [1.82, 2.24) is 30.6 Å². The Balaban J connectivity index is 1.56. The lowest BCUT2D eigenvalue weighted by molar-refractivity contribution is -0.121. The summed E-state index contributed by atoms with van der Waals surface area (Å²) in [7, 11) is 0. The van der Waals surface area contributed by atoms with E-state index in [0.717, 1.165) is 22.5 Å². The molecule has 0 bridgehead atoms. The maximum Gasteiger partial charge on any atom is 0.333 e. The standard InChI is InChI=1S/C23H27N7O3/c1-15-9-10-19(17(3)27-15)13-24-20(31)14-30-16(2)11-25-21(22(30)32)28-29-23(33)26-12-18-7-5-4-6-8-18/h4-11H,12-14H2,1-3H3,(H,24,31)(H,25,28)(H2,26,29,33). The van der Waals surface area contributed by atoms with E-state index in [1.54, 1.807) is 6.92 Å². The van der Waals surface area contributed by atoms with E-state index < -0.39 is 11.6 Å². The molecule has 0 fully saturated rings. The molecule has 0 saturated carbocycles. The van der Waals surface area contributed by atoms with Crippen molar-refractivity contribution in [3.8, 4) is 0 Å². The number of hydrogen-bond donors (Lipinski definition) is 4. The Morgan fingerprint density at radius 3 is 2.45 bits per heavy atom. The number of urea groups is 1. The van der Waals surface area contributed by atoms with Crippen molar-refractivity contribution in [2.24, 2.45) is 0 Å². The van der Waals surface area contributed by atoms with E-state index in [2.05, 4.69) is 31.5 Å². The van der Waals surface area contributed by atoms with Crippen molar-refractivity contribution in [3.63, 3.8) is 0 Å². The van der Waals surface area contributed by atoms with E-state index in [0.29, 0.717) is 18.8 Å². The van der Waals surface area contributed by atoms with E-state index in [-0.39, 0.29) is 18.3 Å². The van der Waals surface area contributed by atoms with Gasteiger partial charge in [0.05, 0.1) is 0 Å². The number of hydrogen-bond acceptors (Lipinski definition) is 6. The highest BCUT2D eigenvalue weighted by atomic mass is 16.2. The number of pyridine rings is 1. The van der Waals surface area contributed by atoms with E-state index in [1.165, 1.54) is 10.8 Å². The Morgan fingerprint density at radius 2 is 1.73 bits per heavy atom. The van der Waals surface area contributed by atoms with Gasteiger partial charge in [0.1, 0.15) is 6.54 Å². The van der Waals surface area contributed by atoms with Gasteiger partial charge in [0.15, 0.2) is 0 Å². The molecule has 2 aromatic heterocycles. The molecule has 1 aromatic carbocycles.